The van der Waals surface area contributed by atoms with E-state index in [4.69, 9.17) is 11.2 Å². The molecule has 0 heterocycles. The van der Waals surface area contributed by atoms with Crippen LogP contribution in [0.3, 0.4) is 0 Å². The standard InChI is InChI=1S/C23H30O/c1-5-23(6-2)14-12-21-20-9-7-16-15-17(24-4)8-10-18(16)19(20)11-13-22(21,23)3/h1,8,10,15,19-21H,6-7,9,11-14H2,2-4H3/t19-,20-,21+,22+,23+/m1/s1. The highest BCUT2D eigenvalue weighted by Gasteiger charge is 2.60. The average Bonchev–Trinajstić information content (AvgIpc) is 2.93. The monoisotopic (exact) mass is 322 g/mol. The summed E-state index contributed by atoms with van der Waals surface area (Å²) in [6, 6.07) is 6.77. The van der Waals surface area contributed by atoms with Gasteiger partial charge in [-0.1, -0.05) is 25.8 Å². The first kappa shape index (κ1) is 16.1. The Morgan fingerprint density at radius 2 is 2.08 bits per heavy atom. The van der Waals surface area contributed by atoms with Gasteiger partial charge in [0.15, 0.2) is 0 Å². The number of rotatable bonds is 2. The van der Waals surface area contributed by atoms with Crippen molar-refractivity contribution in [3.8, 4) is 18.1 Å². The van der Waals surface area contributed by atoms with Crippen molar-refractivity contribution in [3.05, 3.63) is 29.3 Å². The minimum atomic E-state index is 0.142. The summed E-state index contributed by atoms with van der Waals surface area (Å²) in [5, 5.41) is 0. The molecule has 0 saturated heterocycles. The van der Waals surface area contributed by atoms with Crippen LogP contribution < -0.4 is 4.74 Å². The van der Waals surface area contributed by atoms with Crippen LogP contribution in [0.2, 0.25) is 0 Å². The van der Waals surface area contributed by atoms with Crippen LogP contribution in [0.5, 0.6) is 5.75 Å². The lowest BCUT2D eigenvalue weighted by atomic mass is 9.50. The Hall–Kier alpha value is -1.42. The van der Waals surface area contributed by atoms with Crippen molar-refractivity contribution in [2.75, 3.05) is 7.11 Å². The zero-order valence-corrected chi connectivity index (χ0v) is 15.4. The molecule has 1 aromatic rings. The van der Waals surface area contributed by atoms with E-state index in [1.165, 1.54) is 44.1 Å². The first-order valence-corrected chi connectivity index (χ1v) is 9.73. The molecule has 0 amide bonds. The van der Waals surface area contributed by atoms with Crippen molar-refractivity contribution in [1.29, 1.82) is 0 Å². The lowest BCUT2D eigenvalue weighted by molar-refractivity contribution is -0.000336. The van der Waals surface area contributed by atoms with E-state index in [1.807, 2.05) is 0 Å². The molecule has 4 rings (SSSR count). The Bertz CT molecular complexity index is 684. The lowest BCUT2D eigenvalue weighted by Gasteiger charge is -2.53. The van der Waals surface area contributed by atoms with E-state index in [9.17, 15) is 0 Å². The first-order valence-electron chi connectivity index (χ1n) is 9.73. The Labute approximate surface area is 147 Å². The SMILES string of the molecule is C#C[C@]1(CC)CC[C@H]2[C@@H]3CCc4cc(OC)ccc4[C@H]3CC[C@@]21C. The predicted octanol–water partition coefficient (Wildman–Crippen LogP) is 5.58. The van der Waals surface area contributed by atoms with Gasteiger partial charge in [-0.2, -0.15) is 0 Å². The number of methoxy groups -OCH3 is 1. The van der Waals surface area contributed by atoms with Gasteiger partial charge in [0.25, 0.3) is 0 Å². The molecule has 128 valence electrons. The molecule has 24 heavy (non-hydrogen) atoms. The van der Waals surface area contributed by atoms with E-state index < -0.39 is 0 Å². The number of ether oxygens (including phenoxy) is 1. The van der Waals surface area contributed by atoms with Gasteiger partial charge in [-0.3, -0.25) is 0 Å². The molecule has 2 fully saturated rings. The molecule has 0 N–H and O–H groups in total. The van der Waals surface area contributed by atoms with Crippen molar-refractivity contribution in [2.24, 2.45) is 22.7 Å². The summed E-state index contributed by atoms with van der Waals surface area (Å²) in [6.45, 7) is 4.83. The highest BCUT2D eigenvalue weighted by atomic mass is 16.5. The molecule has 2 saturated carbocycles. The second-order valence-corrected chi connectivity index (χ2v) is 8.56. The Morgan fingerprint density at radius 1 is 1.25 bits per heavy atom. The van der Waals surface area contributed by atoms with E-state index in [-0.39, 0.29) is 5.41 Å². The number of hydrogen-bond donors (Lipinski definition) is 0. The van der Waals surface area contributed by atoms with Crippen LogP contribution in [-0.4, -0.2) is 7.11 Å². The van der Waals surface area contributed by atoms with Gasteiger partial charge in [0.05, 0.1) is 7.11 Å². The molecular weight excluding hydrogens is 292 g/mol. The van der Waals surface area contributed by atoms with Crippen LogP contribution >= 0.6 is 0 Å². The largest absolute Gasteiger partial charge is 0.497 e. The van der Waals surface area contributed by atoms with Crippen molar-refractivity contribution < 1.29 is 4.74 Å². The molecule has 0 spiro atoms. The molecule has 3 aliphatic rings. The number of terminal acetylenes is 1. The lowest BCUT2D eigenvalue weighted by Crippen LogP contribution is -2.46. The second-order valence-electron chi connectivity index (χ2n) is 8.56. The van der Waals surface area contributed by atoms with Gasteiger partial charge in [-0.05, 0) is 91.4 Å². The summed E-state index contributed by atoms with van der Waals surface area (Å²) in [5.41, 5.74) is 3.62. The molecule has 1 nitrogen and oxygen atoms in total. The third kappa shape index (κ3) is 1.95. The fourth-order valence-corrected chi connectivity index (χ4v) is 6.74. The minimum Gasteiger partial charge on any atom is -0.497 e. The molecular formula is C23H30O. The Kier molecular flexibility index (Phi) is 3.72. The number of hydrogen-bond acceptors (Lipinski definition) is 1. The van der Waals surface area contributed by atoms with Gasteiger partial charge in [0.2, 0.25) is 0 Å². The van der Waals surface area contributed by atoms with E-state index in [1.54, 1.807) is 12.7 Å². The van der Waals surface area contributed by atoms with E-state index in [2.05, 4.69) is 38.0 Å². The van der Waals surface area contributed by atoms with Crippen LogP contribution in [0, 0.1) is 35.0 Å². The second kappa shape index (κ2) is 5.55. The minimum absolute atomic E-state index is 0.142. The Balaban J connectivity index is 1.69. The van der Waals surface area contributed by atoms with Crippen LogP contribution in [0.15, 0.2) is 18.2 Å². The third-order valence-electron chi connectivity index (χ3n) is 8.18. The summed E-state index contributed by atoms with van der Waals surface area (Å²) in [5.74, 6) is 6.66. The van der Waals surface area contributed by atoms with Gasteiger partial charge in [-0.15, -0.1) is 6.42 Å². The summed E-state index contributed by atoms with van der Waals surface area (Å²) < 4.78 is 5.44. The molecule has 1 aromatic carbocycles. The molecule has 1 heteroatoms. The normalized spacial score (nSPS) is 40.2. The van der Waals surface area contributed by atoms with Gasteiger partial charge < -0.3 is 4.74 Å². The summed E-state index contributed by atoms with van der Waals surface area (Å²) >= 11 is 0. The summed E-state index contributed by atoms with van der Waals surface area (Å²) in [6.07, 6.45) is 14.9. The van der Waals surface area contributed by atoms with E-state index in [0.29, 0.717) is 5.41 Å². The highest BCUT2D eigenvalue weighted by molar-refractivity contribution is 5.41. The van der Waals surface area contributed by atoms with Gasteiger partial charge >= 0.3 is 0 Å². The summed E-state index contributed by atoms with van der Waals surface area (Å²) in [4.78, 5) is 0. The van der Waals surface area contributed by atoms with Gasteiger partial charge in [-0.25, -0.2) is 0 Å². The zero-order chi connectivity index (χ0) is 16.9. The van der Waals surface area contributed by atoms with Crippen molar-refractivity contribution in [1.82, 2.24) is 0 Å². The van der Waals surface area contributed by atoms with Gasteiger partial charge in [0.1, 0.15) is 5.75 Å². The summed E-state index contributed by atoms with van der Waals surface area (Å²) in [7, 11) is 1.77. The maximum atomic E-state index is 6.08. The van der Waals surface area contributed by atoms with Crippen molar-refractivity contribution >= 4 is 0 Å². The fraction of sp³-hybridized carbons (Fsp3) is 0.652. The topological polar surface area (TPSA) is 9.23 Å². The maximum absolute atomic E-state index is 6.08. The zero-order valence-electron chi connectivity index (χ0n) is 15.4. The van der Waals surface area contributed by atoms with Gasteiger partial charge in [0, 0.05) is 5.41 Å². The quantitative estimate of drug-likeness (QED) is 0.646. The van der Waals surface area contributed by atoms with Crippen LogP contribution in [0.1, 0.15) is 69.4 Å². The highest BCUT2D eigenvalue weighted by Crippen LogP contribution is 2.68. The molecule has 0 radical (unpaired) electrons. The van der Waals surface area contributed by atoms with Crippen LogP contribution in [-0.2, 0) is 6.42 Å². The Morgan fingerprint density at radius 3 is 2.79 bits per heavy atom. The van der Waals surface area contributed by atoms with Crippen molar-refractivity contribution in [2.45, 2.75) is 64.7 Å². The van der Waals surface area contributed by atoms with E-state index in [0.717, 1.165) is 29.9 Å². The number of aryl methyl sites for hydroxylation is 1. The smallest absolute Gasteiger partial charge is 0.119 e. The predicted molar refractivity (Wildman–Crippen MR) is 99.2 cm³/mol. The molecule has 5 atom stereocenters. The first-order chi connectivity index (χ1) is 11.6. The third-order valence-corrected chi connectivity index (χ3v) is 8.18. The molecule has 0 aromatic heterocycles. The van der Waals surface area contributed by atoms with Crippen LogP contribution in [0.4, 0.5) is 0 Å². The molecule has 0 unspecified atom stereocenters. The number of fused-ring (bicyclic) bond motifs is 5. The van der Waals surface area contributed by atoms with E-state index >= 15 is 0 Å². The van der Waals surface area contributed by atoms with Crippen molar-refractivity contribution in [3.63, 3.8) is 0 Å². The maximum Gasteiger partial charge on any atom is 0.119 e. The fourth-order valence-electron chi connectivity index (χ4n) is 6.74. The number of benzene rings is 1. The molecule has 0 bridgehead atoms. The van der Waals surface area contributed by atoms with Crippen LogP contribution in [0.25, 0.3) is 0 Å². The molecule has 3 aliphatic carbocycles. The molecule has 0 aliphatic heterocycles. The average molecular weight is 322 g/mol.